The monoisotopic (exact) mass is 522 g/mol. The minimum absolute atomic E-state index is 0.339. The second kappa shape index (κ2) is 12.1. The van der Waals surface area contributed by atoms with E-state index < -0.39 is 0 Å². The molecule has 1 amide bonds. The maximum absolute atomic E-state index is 13.0. The van der Waals surface area contributed by atoms with Gasteiger partial charge in [0, 0.05) is 35.3 Å². The van der Waals surface area contributed by atoms with Crippen LogP contribution in [0.4, 0.5) is 17.2 Å². The molecule has 2 aromatic carbocycles. The number of benzene rings is 2. The molecule has 0 aliphatic carbocycles. The number of nitrogens with two attached hydrogens (primary N) is 1. The molecule has 0 spiro atoms. The molecular formula is C27H31ClN6O3. The van der Waals surface area contributed by atoms with E-state index in [-0.39, 0.29) is 5.91 Å². The first-order valence-corrected chi connectivity index (χ1v) is 12.0. The summed E-state index contributed by atoms with van der Waals surface area (Å²) in [7, 11) is 1.50. The topological polar surface area (TPSA) is 127 Å². The molecule has 0 saturated heterocycles. The highest BCUT2D eigenvalue weighted by molar-refractivity contribution is 6.36. The van der Waals surface area contributed by atoms with Gasteiger partial charge in [-0.2, -0.15) is 0 Å². The molecule has 1 aromatic heterocycles. The number of halogens is 1. The Hall–Kier alpha value is -4.24. The maximum atomic E-state index is 13.0. The van der Waals surface area contributed by atoms with Crippen molar-refractivity contribution in [2.45, 2.75) is 34.1 Å². The van der Waals surface area contributed by atoms with Crippen LogP contribution < -0.4 is 21.1 Å². The van der Waals surface area contributed by atoms with Crippen LogP contribution in [0.1, 0.15) is 48.7 Å². The minimum Gasteiger partial charge on any atom is -0.496 e. The van der Waals surface area contributed by atoms with Crippen molar-refractivity contribution in [1.29, 1.82) is 5.41 Å². The number of aryl methyl sites for hydroxylation is 1. The van der Waals surface area contributed by atoms with Gasteiger partial charge in [0.1, 0.15) is 5.75 Å². The summed E-state index contributed by atoms with van der Waals surface area (Å²) in [5.74, 6) is 0.956. The molecule has 1 heterocycles. The van der Waals surface area contributed by atoms with E-state index in [9.17, 15) is 4.79 Å². The van der Waals surface area contributed by atoms with Gasteiger partial charge in [-0.1, -0.05) is 18.5 Å². The Labute approximate surface area is 221 Å². The number of nitrogens with zero attached hydrogens (tertiary/aromatic N) is 2. The molecule has 0 fully saturated rings. The van der Waals surface area contributed by atoms with Gasteiger partial charge >= 0.3 is 0 Å². The summed E-state index contributed by atoms with van der Waals surface area (Å²) in [6.07, 6.45) is 7.03. The number of aromatic nitrogens is 2. The van der Waals surface area contributed by atoms with Crippen molar-refractivity contribution >= 4 is 40.9 Å². The fraction of sp³-hybridized carbons (Fsp3) is 0.222. The first-order valence-electron chi connectivity index (χ1n) is 11.6. The number of hydrogen-bond donors (Lipinski definition) is 4. The van der Waals surface area contributed by atoms with Crippen molar-refractivity contribution < 1.29 is 14.3 Å². The summed E-state index contributed by atoms with van der Waals surface area (Å²) in [6.45, 7) is 7.67. The smallest absolute Gasteiger partial charge is 0.261 e. The first-order chi connectivity index (χ1) is 17.7. The van der Waals surface area contributed by atoms with Gasteiger partial charge in [0.2, 0.25) is 0 Å². The highest BCUT2D eigenvalue weighted by atomic mass is 35.5. The van der Waals surface area contributed by atoms with Crippen LogP contribution in [-0.2, 0) is 4.74 Å². The van der Waals surface area contributed by atoms with Gasteiger partial charge in [-0.25, -0.2) is 4.68 Å². The molecule has 194 valence electrons. The van der Waals surface area contributed by atoms with Crippen LogP contribution in [0, 0.1) is 12.3 Å². The molecule has 10 heteroatoms. The third-order valence-electron chi connectivity index (χ3n) is 5.25. The molecule has 0 unspecified atom stereocenters. The fourth-order valence-corrected chi connectivity index (χ4v) is 3.65. The number of nitrogens with one attached hydrogen (secondary N) is 3. The summed E-state index contributed by atoms with van der Waals surface area (Å²) in [5, 5.41) is 18.5. The van der Waals surface area contributed by atoms with Crippen LogP contribution in [0.15, 0.2) is 60.3 Å². The molecular weight excluding hydrogens is 492 g/mol. The van der Waals surface area contributed by atoms with Crippen molar-refractivity contribution in [3.63, 3.8) is 0 Å². The highest BCUT2D eigenvalue weighted by Crippen LogP contribution is 2.32. The second-order valence-corrected chi connectivity index (χ2v) is 8.81. The normalized spacial score (nSPS) is 11.0. The zero-order valence-corrected chi connectivity index (χ0v) is 22.2. The zero-order valence-electron chi connectivity index (χ0n) is 21.5. The average molecular weight is 523 g/mol. The van der Waals surface area contributed by atoms with E-state index in [1.165, 1.54) is 7.11 Å². The molecule has 0 aliphatic heterocycles. The van der Waals surface area contributed by atoms with E-state index >= 15 is 0 Å². The maximum Gasteiger partial charge on any atom is 0.261 e. The average Bonchev–Trinajstić information content (AvgIpc) is 3.24. The molecule has 3 aromatic rings. The van der Waals surface area contributed by atoms with E-state index in [1.54, 1.807) is 47.4 Å². The Bertz CT molecular complexity index is 1370. The molecule has 0 bridgehead atoms. The number of rotatable bonds is 10. The molecule has 5 N–H and O–H groups in total. The minimum atomic E-state index is -0.357. The molecule has 9 nitrogen and oxygen atoms in total. The van der Waals surface area contributed by atoms with E-state index in [0.717, 1.165) is 17.4 Å². The van der Waals surface area contributed by atoms with Crippen molar-refractivity contribution in [3.05, 3.63) is 82.0 Å². The summed E-state index contributed by atoms with van der Waals surface area (Å²) >= 11 is 6.42. The number of anilines is 3. The van der Waals surface area contributed by atoms with Crippen LogP contribution in [0.5, 0.6) is 5.75 Å². The Balaban J connectivity index is 1.86. The Morgan fingerprint density at radius 2 is 2.03 bits per heavy atom. The number of amides is 1. The predicted molar refractivity (Wildman–Crippen MR) is 148 cm³/mol. The van der Waals surface area contributed by atoms with Crippen LogP contribution in [-0.4, -0.2) is 29.0 Å². The molecule has 37 heavy (non-hydrogen) atoms. The number of hydrogen-bond acceptors (Lipinski definition) is 7. The van der Waals surface area contributed by atoms with Crippen LogP contribution in [0.3, 0.4) is 0 Å². The van der Waals surface area contributed by atoms with Gasteiger partial charge in [-0.05, 0) is 63.1 Å². The van der Waals surface area contributed by atoms with Crippen LogP contribution in [0.25, 0.3) is 5.69 Å². The van der Waals surface area contributed by atoms with Gasteiger partial charge in [0.15, 0.2) is 11.7 Å². The number of methoxy groups -OCH3 is 1. The van der Waals surface area contributed by atoms with Crippen molar-refractivity contribution in [2.24, 2.45) is 0 Å². The summed E-state index contributed by atoms with van der Waals surface area (Å²) in [6, 6.07) is 8.60. The Morgan fingerprint density at radius 1 is 1.27 bits per heavy atom. The van der Waals surface area contributed by atoms with Gasteiger partial charge in [0.25, 0.3) is 5.91 Å². The Morgan fingerprint density at radius 3 is 2.68 bits per heavy atom. The number of ether oxygens (including phenoxy) is 2. The summed E-state index contributed by atoms with van der Waals surface area (Å²) in [4.78, 5) is 13.0. The quantitative estimate of drug-likeness (QED) is 0.145. The Kier molecular flexibility index (Phi) is 8.97. The van der Waals surface area contributed by atoms with Crippen molar-refractivity contribution in [1.82, 2.24) is 15.1 Å². The molecule has 0 aliphatic rings. The largest absolute Gasteiger partial charge is 0.496 e. The molecule has 0 radical (unpaired) electrons. The molecule has 0 saturated carbocycles. The van der Waals surface area contributed by atoms with Gasteiger partial charge in [-0.3, -0.25) is 10.1 Å². The number of allylic oxidation sites excluding steroid dienone is 2. The van der Waals surface area contributed by atoms with E-state index in [1.807, 2.05) is 33.9 Å². The lowest BCUT2D eigenvalue weighted by atomic mass is 10.1. The molecule has 3 rings (SSSR count). The van der Waals surface area contributed by atoms with Crippen LogP contribution in [0.2, 0.25) is 5.02 Å². The third kappa shape index (κ3) is 6.50. The van der Waals surface area contributed by atoms with Gasteiger partial charge < -0.3 is 25.9 Å². The highest BCUT2D eigenvalue weighted by Gasteiger charge is 2.17. The lowest BCUT2D eigenvalue weighted by Gasteiger charge is -2.13. The predicted octanol–water partition coefficient (Wildman–Crippen LogP) is 6.09. The standard InChI is InChI=1S/C27H31ClN6O3/c1-6-7-24(37-15-16(2)3)32-27(35)19-9-8-18(12-23(19)36-5)34-14-17(4)26(33-34)31-22-11-10-21(30)20(13-29)25(22)28/h7-15,29H,6,30H2,1-5H3,(H,31,33)(H,32,35)/b24-7+,29-13?. The zero-order chi connectivity index (χ0) is 27.1. The SMILES string of the molecule is CC/C=C(\NC(=O)c1ccc(-n2cc(C)c(Nc3ccc(N)c(C=N)c3Cl)n2)cc1OC)OC=C(C)C. The fourth-order valence-electron chi connectivity index (χ4n) is 3.38. The second-order valence-electron chi connectivity index (χ2n) is 8.43. The lowest BCUT2D eigenvalue weighted by Crippen LogP contribution is -2.24. The lowest BCUT2D eigenvalue weighted by molar-refractivity contribution is 0.0939. The van der Waals surface area contributed by atoms with Crippen molar-refractivity contribution in [3.8, 4) is 11.4 Å². The number of carbonyl (C=O) groups excluding carboxylic acids is 1. The van der Waals surface area contributed by atoms with Crippen LogP contribution >= 0.6 is 11.6 Å². The number of carbonyl (C=O) groups is 1. The van der Waals surface area contributed by atoms with E-state index in [0.29, 0.717) is 57.1 Å². The van der Waals surface area contributed by atoms with E-state index in [4.69, 9.17) is 32.2 Å². The van der Waals surface area contributed by atoms with E-state index in [2.05, 4.69) is 15.7 Å². The first kappa shape index (κ1) is 27.3. The molecule has 0 atom stereocenters. The third-order valence-corrected chi connectivity index (χ3v) is 5.66. The van der Waals surface area contributed by atoms with Gasteiger partial charge in [0.05, 0.1) is 35.3 Å². The van der Waals surface area contributed by atoms with Gasteiger partial charge in [-0.15, -0.1) is 5.10 Å². The van der Waals surface area contributed by atoms with Crippen molar-refractivity contribution in [2.75, 3.05) is 18.2 Å². The number of nitrogen functional groups attached to an aromatic ring is 1. The summed E-state index contributed by atoms with van der Waals surface area (Å²) < 4.78 is 12.8. The summed E-state index contributed by atoms with van der Waals surface area (Å²) in [5.41, 5.74) is 10.2.